The summed E-state index contributed by atoms with van der Waals surface area (Å²) in [5, 5.41) is 9.56. The second kappa shape index (κ2) is 7.24. The fraction of sp³-hybridized carbons (Fsp3) is 0.318. The molecule has 1 aliphatic heterocycles. The van der Waals surface area contributed by atoms with Crippen LogP contribution in [-0.2, 0) is 25.9 Å². The molecule has 3 heterocycles. The summed E-state index contributed by atoms with van der Waals surface area (Å²) in [5.74, 6) is 0. The van der Waals surface area contributed by atoms with E-state index in [1.165, 1.54) is 11.3 Å². The summed E-state index contributed by atoms with van der Waals surface area (Å²) in [4.78, 5) is 11.4. The minimum atomic E-state index is 0.674. The minimum Gasteiger partial charge on any atom is -0.364 e. The van der Waals surface area contributed by atoms with E-state index >= 15 is 0 Å². The third kappa shape index (κ3) is 3.43. The van der Waals surface area contributed by atoms with Crippen LogP contribution in [0.3, 0.4) is 0 Å². The molecule has 136 valence electrons. The fourth-order valence-corrected chi connectivity index (χ4v) is 3.86. The van der Waals surface area contributed by atoms with Gasteiger partial charge < -0.3 is 9.47 Å². The van der Waals surface area contributed by atoms with Crippen molar-refractivity contribution in [1.82, 2.24) is 14.5 Å². The summed E-state index contributed by atoms with van der Waals surface area (Å²) in [6.07, 6.45) is 3.91. The van der Waals surface area contributed by atoms with Gasteiger partial charge in [0.05, 0.1) is 35.5 Å². The van der Waals surface area contributed by atoms with Gasteiger partial charge in [0.2, 0.25) is 0 Å². The van der Waals surface area contributed by atoms with Gasteiger partial charge in [0.1, 0.15) is 6.07 Å². The van der Waals surface area contributed by atoms with E-state index in [4.69, 9.17) is 0 Å². The van der Waals surface area contributed by atoms with Gasteiger partial charge in [0.15, 0.2) is 0 Å². The zero-order chi connectivity index (χ0) is 18.8. The number of nitriles is 1. The number of pyridine rings is 1. The maximum Gasteiger partial charge on any atom is 0.103 e. The molecular weight excluding hydrogens is 334 g/mol. The van der Waals surface area contributed by atoms with Crippen LogP contribution < -0.4 is 4.90 Å². The molecule has 0 unspecified atom stereocenters. The van der Waals surface area contributed by atoms with Crippen LogP contribution in [0.25, 0.3) is 0 Å². The van der Waals surface area contributed by atoms with Crippen molar-refractivity contribution in [2.45, 2.75) is 39.8 Å². The van der Waals surface area contributed by atoms with Crippen LogP contribution in [0.15, 0.2) is 42.7 Å². The van der Waals surface area contributed by atoms with Crippen molar-refractivity contribution in [3.05, 3.63) is 76.6 Å². The number of benzene rings is 1. The summed E-state index contributed by atoms with van der Waals surface area (Å²) in [7, 11) is 0. The molecule has 0 aliphatic carbocycles. The standard InChI is InChI=1S/C22H23N5/c1-16-12-22(19(13-23)17(2)25-16)26-11-9-21-20(14-26)24-15-27(21)10-8-18-6-4-3-5-7-18/h3-7,12,15H,8-11,14H2,1-2H3. The lowest BCUT2D eigenvalue weighted by molar-refractivity contribution is 0.624. The second-order valence-corrected chi connectivity index (χ2v) is 7.09. The number of anilines is 1. The van der Waals surface area contributed by atoms with Gasteiger partial charge >= 0.3 is 0 Å². The van der Waals surface area contributed by atoms with Crippen molar-refractivity contribution in [2.24, 2.45) is 0 Å². The molecule has 0 radical (unpaired) electrons. The molecule has 0 saturated carbocycles. The normalized spacial score (nSPS) is 13.3. The van der Waals surface area contributed by atoms with Gasteiger partial charge in [-0.05, 0) is 31.9 Å². The van der Waals surface area contributed by atoms with E-state index in [0.29, 0.717) is 5.56 Å². The Hall–Kier alpha value is -3.13. The van der Waals surface area contributed by atoms with Crippen molar-refractivity contribution in [3.63, 3.8) is 0 Å². The van der Waals surface area contributed by atoms with Gasteiger partial charge in [-0.2, -0.15) is 5.26 Å². The van der Waals surface area contributed by atoms with Crippen LogP contribution in [0.1, 0.15) is 33.9 Å². The number of nitrogens with zero attached hydrogens (tertiary/aromatic N) is 5. The largest absolute Gasteiger partial charge is 0.364 e. The number of fused-ring (bicyclic) bond motifs is 1. The van der Waals surface area contributed by atoms with E-state index in [1.807, 2.05) is 26.2 Å². The van der Waals surface area contributed by atoms with E-state index in [9.17, 15) is 5.26 Å². The number of aryl methyl sites for hydroxylation is 4. The number of imidazole rings is 1. The van der Waals surface area contributed by atoms with Crippen molar-refractivity contribution in [2.75, 3.05) is 11.4 Å². The number of rotatable bonds is 4. The molecule has 0 atom stereocenters. The Bertz CT molecular complexity index is 998. The maximum atomic E-state index is 9.56. The third-order valence-corrected chi connectivity index (χ3v) is 5.24. The summed E-state index contributed by atoms with van der Waals surface area (Å²) >= 11 is 0. The average Bonchev–Trinajstić information content (AvgIpc) is 3.09. The number of hydrogen-bond acceptors (Lipinski definition) is 4. The molecule has 4 rings (SSSR count). The number of aromatic nitrogens is 3. The summed E-state index contributed by atoms with van der Waals surface area (Å²) in [5.41, 5.74) is 7.18. The molecule has 5 heteroatoms. The first-order chi connectivity index (χ1) is 13.2. The van der Waals surface area contributed by atoms with Gasteiger partial charge in [0.25, 0.3) is 0 Å². The highest BCUT2D eigenvalue weighted by molar-refractivity contribution is 5.62. The lowest BCUT2D eigenvalue weighted by atomic mass is 10.1. The topological polar surface area (TPSA) is 57.7 Å². The SMILES string of the molecule is Cc1cc(N2CCc3c(ncn3CCc3ccccc3)C2)c(C#N)c(C)n1. The van der Waals surface area contributed by atoms with Crippen LogP contribution in [0.4, 0.5) is 5.69 Å². The van der Waals surface area contributed by atoms with Crippen molar-refractivity contribution >= 4 is 5.69 Å². The Balaban J connectivity index is 1.54. The van der Waals surface area contributed by atoms with Crippen molar-refractivity contribution < 1.29 is 0 Å². The first-order valence-corrected chi connectivity index (χ1v) is 9.36. The Kier molecular flexibility index (Phi) is 4.64. The zero-order valence-electron chi connectivity index (χ0n) is 15.8. The molecule has 0 amide bonds. The first-order valence-electron chi connectivity index (χ1n) is 9.36. The lowest BCUT2D eigenvalue weighted by Gasteiger charge is -2.30. The predicted molar refractivity (Wildman–Crippen MR) is 106 cm³/mol. The van der Waals surface area contributed by atoms with Crippen LogP contribution in [-0.4, -0.2) is 21.1 Å². The Morgan fingerprint density at radius 1 is 1.19 bits per heavy atom. The summed E-state index contributed by atoms with van der Waals surface area (Å²) in [6.45, 7) is 6.46. The van der Waals surface area contributed by atoms with E-state index < -0.39 is 0 Å². The summed E-state index contributed by atoms with van der Waals surface area (Å²) < 4.78 is 2.29. The first kappa shape index (κ1) is 17.3. The minimum absolute atomic E-state index is 0.674. The van der Waals surface area contributed by atoms with E-state index in [-0.39, 0.29) is 0 Å². The smallest absolute Gasteiger partial charge is 0.103 e. The molecule has 27 heavy (non-hydrogen) atoms. The zero-order valence-corrected chi connectivity index (χ0v) is 15.8. The highest BCUT2D eigenvalue weighted by Crippen LogP contribution is 2.28. The van der Waals surface area contributed by atoms with Crippen LogP contribution >= 0.6 is 0 Å². The molecule has 0 fully saturated rings. The Labute approximate surface area is 159 Å². The van der Waals surface area contributed by atoms with Gasteiger partial charge in [-0.25, -0.2) is 4.98 Å². The molecule has 0 bridgehead atoms. The number of hydrogen-bond donors (Lipinski definition) is 0. The van der Waals surface area contributed by atoms with Crippen LogP contribution in [0.5, 0.6) is 0 Å². The van der Waals surface area contributed by atoms with Crippen LogP contribution in [0, 0.1) is 25.2 Å². The highest BCUT2D eigenvalue weighted by atomic mass is 15.2. The molecule has 3 aromatic rings. The molecule has 0 spiro atoms. The van der Waals surface area contributed by atoms with E-state index in [0.717, 1.165) is 55.2 Å². The highest BCUT2D eigenvalue weighted by Gasteiger charge is 2.23. The van der Waals surface area contributed by atoms with Crippen molar-refractivity contribution in [3.8, 4) is 6.07 Å². The van der Waals surface area contributed by atoms with E-state index in [2.05, 4.69) is 55.8 Å². The monoisotopic (exact) mass is 357 g/mol. The van der Waals surface area contributed by atoms with Gasteiger partial charge in [-0.15, -0.1) is 0 Å². The molecule has 5 nitrogen and oxygen atoms in total. The quantitative estimate of drug-likeness (QED) is 0.716. The third-order valence-electron chi connectivity index (χ3n) is 5.24. The molecule has 1 aromatic carbocycles. The molecule has 0 N–H and O–H groups in total. The molecule has 0 saturated heterocycles. The average molecular weight is 357 g/mol. The Morgan fingerprint density at radius 3 is 2.78 bits per heavy atom. The van der Waals surface area contributed by atoms with E-state index in [1.54, 1.807) is 0 Å². The van der Waals surface area contributed by atoms with Gasteiger partial charge in [-0.3, -0.25) is 4.98 Å². The predicted octanol–water partition coefficient (Wildman–Crippen LogP) is 3.57. The molecule has 1 aliphatic rings. The summed E-state index contributed by atoms with van der Waals surface area (Å²) in [6, 6.07) is 14.9. The van der Waals surface area contributed by atoms with Crippen LogP contribution in [0.2, 0.25) is 0 Å². The fourth-order valence-electron chi connectivity index (χ4n) is 3.86. The maximum absolute atomic E-state index is 9.56. The molecular formula is C22H23N5. The second-order valence-electron chi connectivity index (χ2n) is 7.09. The Morgan fingerprint density at radius 2 is 2.00 bits per heavy atom. The van der Waals surface area contributed by atoms with Crippen molar-refractivity contribution in [1.29, 1.82) is 5.26 Å². The van der Waals surface area contributed by atoms with Gasteiger partial charge in [0, 0.05) is 30.9 Å². The lowest BCUT2D eigenvalue weighted by Crippen LogP contribution is -2.32. The molecule has 2 aromatic heterocycles. The van der Waals surface area contributed by atoms with Gasteiger partial charge in [-0.1, -0.05) is 30.3 Å².